The lowest BCUT2D eigenvalue weighted by Gasteiger charge is -2.09. The fourth-order valence-electron chi connectivity index (χ4n) is 1.55. The van der Waals surface area contributed by atoms with E-state index in [1.165, 1.54) is 6.07 Å². The third-order valence-electron chi connectivity index (χ3n) is 2.51. The maximum atomic E-state index is 12.0. The molecule has 1 unspecified atom stereocenters. The van der Waals surface area contributed by atoms with Crippen molar-refractivity contribution in [1.29, 1.82) is 0 Å². The second kappa shape index (κ2) is 6.55. The van der Waals surface area contributed by atoms with Gasteiger partial charge in [0.25, 0.3) is 0 Å². The number of hydrogen-bond acceptors (Lipinski definition) is 3. The molecule has 0 saturated carbocycles. The van der Waals surface area contributed by atoms with Crippen LogP contribution in [0.5, 0.6) is 5.75 Å². The zero-order chi connectivity index (χ0) is 14.5. The van der Waals surface area contributed by atoms with Gasteiger partial charge >= 0.3 is 5.97 Å². The maximum Gasteiger partial charge on any atom is 0.337 e. The van der Waals surface area contributed by atoms with Crippen LogP contribution in [-0.2, 0) is 4.79 Å². The molecule has 2 aromatic carbocycles. The van der Waals surface area contributed by atoms with Crippen LogP contribution in [0.4, 0.5) is 0 Å². The smallest absolute Gasteiger partial charge is 0.337 e. The van der Waals surface area contributed by atoms with E-state index >= 15 is 0 Å². The van der Waals surface area contributed by atoms with Gasteiger partial charge in [-0.2, -0.15) is 0 Å². The van der Waals surface area contributed by atoms with Gasteiger partial charge in [-0.05, 0) is 18.2 Å². The summed E-state index contributed by atoms with van der Waals surface area (Å²) in [4.78, 5) is 23.8. The molecule has 0 fully saturated rings. The minimum absolute atomic E-state index is 0.244. The Morgan fingerprint density at radius 3 is 2.35 bits per heavy atom. The normalized spacial score (nSPS) is 11.7. The third-order valence-corrected chi connectivity index (χ3v) is 3.12. The fourth-order valence-corrected chi connectivity index (χ4v) is 1.90. The molecule has 0 saturated heterocycles. The molecule has 0 heterocycles. The molecule has 102 valence electrons. The molecule has 3 nitrogen and oxygen atoms in total. The molecular formula is C15H10Cl2O3. The molecule has 0 spiro atoms. The van der Waals surface area contributed by atoms with Gasteiger partial charge in [-0.15, -0.1) is 11.6 Å². The van der Waals surface area contributed by atoms with Crippen LogP contribution in [0.2, 0.25) is 5.02 Å². The first kappa shape index (κ1) is 14.6. The van der Waals surface area contributed by atoms with Crippen LogP contribution < -0.4 is 4.74 Å². The minimum Gasteiger partial charge on any atom is -0.425 e. The molecule has 0 bridgehead atoms. The third kappa shape index (κ3) is 3.59. The van der Waals surface area contributed by atoms with Crippen LogP contribution in [0.3, 0.4) is 0 Å². The molecule has 2 aromatic rings. The van der Waals surface area contributed by atoms with Crippen LogP contribution in [-0.4, -0.2) is 17.1 Å². The van der Waals surface area contributed by atoms with Crippen molar-refractivity contribution in [3.63, 3.8) is 0 Å². The number of hydrogen-bond donors (Lipinski definition) is 0. The van der Waals surface area contributed by atoms with E-state index in [-0.39, 0.29) is 5.75 Å². The number of ketones is 1. The summed E-state index contributed by atoms with van der Waals surface area (Å²) in [6.45, 7) is 0. The second-order valence-electron chi connectivity index (χ2n) is 3.97. The number of esters is 1. The first-order valence-corrected chi connectivity index (χ1v) is 6.60. The zero-order valence-corrected chi connectivity index (χ0v) is 11.8. The van der Waals surface area contributed by atoms with E-state index in [1.54, 1.807) is 48.5 Å². The van der Waals surface area contributed by atoms with Gasteiger partial charge in [0.15, 0.2) is 11.2 Å². The van der Waals surface area contributed by atoms with Crippen molar-refractivity contribution in [3.05, 3.63) is 65.2 Å². The monoisotopic (exact) mass is 308 g/mol. The lowest BCUT2D eigenvalue weighted by atomic mass is 10.1. The number of carbonyl (C=O) groups is 2. The Kier molecular flexibility index (Phi) is 4.77. The van der Waals surface area contributed by atoms with E-state index in [0.717, 1.165) is 0 Å². The molecule has 0 aromatic heterocycles. The van der Waals surface area contributed by atoms with Gasteiger partial charge in [0.2, 0.25) is 0 Å². The summed E-state index contributed by atoms with van der Waals surface area (Å²) in [6.07, 6.45) is 0. The highest BCUT2D eigenvalue weighted by atomic mass is 35.5. The Morgan fingerprint density at radius 2 is 1.70 bits per heavy atom. The molecule has 2 rings (SSSR count). The quantitative estimate of drug-likeness (QED) is 0.284. The van der Waals surface area contributed by atoms with Gasteiger partial charge < -0.3 is 4.74 Å². The van der Waals surface area contributed by atoms with E-state index in [1.807, 2.05) is 0 Å². The summed E-state index contributed by atoms with van der Waals surface area (Å²) in [5.41, 5.74) is 0.357. The highest BCUT2D eigenvalue weighted by Gasteiger charge is 2.27. The first-order valence-electron chi connectivity index (χ1n) is 5.78. The summed E-state index contributed by atoms with van der Waals surface area (Å²) in [5, 5.41) is -0.966. The molecule has 0 aliphatic rings. The Morgan fingerprint density at radius 1 is 1.00 bits per heavy atom. The summed E-state index contributed by atoms with van der Waals surface area (Å²) in [7, 11) is 0. The fraction of sp³-hybridized carbons (Fsp3) is 0.0667. The molecule has 5 heteroatoms. The number of benzene rings is 2. The number of rotatable bonds is 4. The summed E-state index contributed by atoms with van der Waals surface area (Å²) in [5.74, 6) is -1.09. The molecular weight excluding hydrogens is 299 g/mol. The van der Waals surface area contributed by atoms with Crippen molar-refractivity contribution in [2.75, 3.05) is 0 Å². The van der Waals surface area contributed by atoms with Crippen LogP contribution in [0, 0.1) is 0 Å². The van der Waals surface area contributed by atoms with Crippen molar-refractivity contribution in [2.45, 2.75) is 5.38 Å². The lowest BCUT2D eigenvalue weighted by Crippen LogP contribution is -2.29. The predicted octanol–water partition coefficient (Wildman–Crippen LogP) is 3.74. The summed E-state index contributed by atoms with van der Waals surface area (Å²) in [6, 6.07) is 14.6. The lowest BCUT2D eigenvalue weighted by molar-refractivity contribution is -0.133. The number of Topliss-reactive ketones (excluding diaryl/α,β-unsaturated/α-hetero) is 1. The van der Waals surface area contributed by atoms with Crippen LogP contribution in [0.25, 0.3) is 0 Å². The minimum atomic E-state index is -1.39. The van der Waals surface area contributed by atoms with E-state index in [2.05, 4.69) is 0 Å². The topological polar surface area (TPSA) is 43.4 Å². The van der Waals surface area contributed by atoms with Gasteiger partial charge in [0, 0.05) is 10.6 Å². The Balaban J connectivity index is 2.07. The zero-order valence-electron chi connectivity index (χ0n) is 10.3. The number of alkyl halides is 1. The van der Waals surface area contributed by atoms with Crippen molar-refractivity contribution in [3.8, 4) is 5.75 Å². The van der Waals surface area contributed by atoms with E-state index in [4.69, 9.17) is 27.9 Å². The van der Waals surface area contributed by atoms with Gasteiger partial charge in [0.1, 0.15) is 5.75 Å². The standard InChI is InChI=1S/C15H10Cl2O3/c16-11-7-4-8-12(9-11)20-15(19)13(17)14(18)10-5-2-1-3-6-10/h1-9,13H. The summed E-state index contributed by atoms with van der Waals surface area (Å²) < 4.78 is 5.02. The number of halogens is 2. The highest BCUT2D eigenvalue weighted by Crippen LogP contribution is 2.19. The molecule has 0 amide bonds. The predicted molar refractivity (Wildman–Crippen MR) is 77.5 cm³/mol. The van der Waals surface area contributed by atoms with E-state index < -0.39 is 17.1 Å². The molecule has 0 aliphatic heterocycles. The highest BCUT2D eigenvalue weighted by molar-refractivity contribution is 6.43. The van der Waals surface area contributed by atoms with Gasteiger partial charge in [-0.25, -0.2) is 4.79 Å². The number of ether oxygens (including phenoxy) is 1. The molecule has 20 heavy (non-hydrogen) atoms. The van der Waals surface area contributed by atoms with Gasteiger partial charge in [-0.1, -0.05) is 48.0 Å². The first-order chi connectivity index (χ1) is 9.58. The Labute approximate surface area is 126 Å². The molecule has 0 radical (unpaired) electrons. The largest absolute Gasteiger partial charge is 0.425 e. The van der Waals surface area contributed by atoms with E-state index in [9.17, 15) is 9.59 Å². The second-order valence-corrected chi connectivity index (χ2v) is 4.84. The molecule has 0 N–H and O–H groups in total. The van der Waals surface area contributed by atoms with Gasteiger partial charge in [0.05, 0.1) is 0 Å². The SMILES string of the molecule is O=C(Oc1cccc(Cl)c1)C(Cl)C(=O)c1ccccc1. The van der Waals surface area contributed by atoms with Crippen LogP contribution in [0.1, 0.15) is 10.4 Å². The average Bonchev–Trinajstić information content (AvgIpc) is 2.46. The van der Waals surface area contributed by atoms with Crippen molar-refractivity contribution >= 4 is 35.0 Å². The molecule has 0 aliphatic carbocycles. The average molecular weight is 309 g/mol. The molecule has 1 atom stereocenters. The maximum absolute atomic E-state index is 12.0. The van der Waals surface area contributed by atoms with Crippen molar-refractivity contribution < 1.29 is 14.3 Å². The Hall–Kier alpha value is -1.84. The summed E-state index contributed by atoms with van der Waals surface area (Å²) >= 11 is 11.6. The van der Waals surface area contributed by atoms with E-state index in [0.29, 0.717) is 10.6 Å². The Bertz CT molecular complexity index is 626. The number of carbonyl (C=O) groups excluding carboxylic acids is 2. The van der Waals surface area contributed by atoms with Crippen LogP contribution >= 0.6 is 23.2 Å². The van der Waals surface area contributed by atoms with Crippen molar-refractivity contribution in [2.24, 2.45) is 0 Å². The van der Waals surface area contributed by atoms with Crippen molar-refractivity contribution in [1.82, 2.24) is 0 Å². The van der Waals surface area contributed by atoms with Crippen LogP contribution in [0.15, 0.2) is 54.6 Å². The van der Waals surface area contributed by atoms with Gasteiger partial charge in [-0.3, -0.25) is 4.79 Å².